The first kappa shape index (κ1) is 25.6. The van der Waals surface area contributed by atoms with Crippen LogP contribution in [-0.4, -0.2) is 64.6 Å². The molecule has 1 aliphatic heterocycles. The zero-order valence-electron chi connectivity index (χ0n) is 17.7. The van der Waals surface area contributed by atoms with Crippen LogP contribution >= 0.6 is 7.60 Å². The summed E-state index contributed by atoms with van der Waals surface area (Å²) in [7, 11) is -4.44. The molecule has 1 aliphatic rings. The van der Waals surface area contributed by atoms with Crippen molar-refractivity contribution in [2.45, 2.75) is 57.9 Å². The van der Waals surface area contributed by atoms with Crippen LogP contribution in [-0.2, 0) is 37.9 Å². The van der Waals surface area contributed by atoms with E-state index >= 15 is 0 Å². The van der Waals surface area contributed by atoms with Crippen molar-refractivity contribution < 1.29 is 52.4 Å². The van der Waals surface area contributed by atoms with Gasteiger partial charge in [0.15, 0.2) is 12.2 Å². The summed E-state index contributed by atoms with van der Waals surface area (Å²) in [6.45, 7) is 3.32. The van der Waals surface area contributed by atoms with Gasteiger partial charge in [-0.3, -0.25) is 18.9 Å². The molecule has 1 saturated heterocycles. The first-order valence-corrected chi connectivity index (χ1v) is 11.4. The largest absolute Gasteiger partial charge is 0.461 e. The number of nitrogens with two attached hydrogens (primary N) is 1. The van der Waals surface area contributed by atoms with E-state index in [2.05, 4.69) is 0 Å². The lowest BCUT2D eigenvalue weighted by Gasteiger charge is -2.44. The van der Waals surface area contributed by atoms with E-state index in [0.717, 1.165) is 20.8 Å². The average molecular weight is 475 g/mol. The fourth-order valence-electron chi connectivity index (χ4n) is 3.16. The summed E-state index contributed by atoms with van der Waals surface area (Å²) in [6, 6.07) is 6.14. The van der Waals surface area contributed by atoms with Gasteiger partial charge in [-0.05, 0) is 30.7 Å². The molecule has 0 saturated carbocycles. The van der Waals surface area contributed by atoms with Gasteiger partial charge in [-0.1, -0.05) is 0 Å². The lowest BCUT2D eigenvalue weighted by atomic mass is 9.96. The van der Waals surface area contributed by atoms with Crippen LogP contribution in [0.4, 0.5) is 5.69 Å². The van der Waals surface area contributed by atoms with Crippen molar-refractivity contribution in [3.05, 3.63) is 24.3 Å². The number of nitrogen functional groups attached to an aromatic ring is 1. The second-order valence-corrected chi connectivity index (χ2v) is 8.91. The van der Waals surface area contributed by atoms with E-state index in [1.165, 1.54) is 12.1 Å². The molecule has 1 fully saturated rings. The Morgan fingerprint density at radius 3 is 1.94 bits per heavy atom. The van der Waals surface area contributed by atoms with Crippen LogP contribution in [0, 0.1) is 0 Å². The van der Waals surface area contributed by atoms with Crippen molar-refractivity contribution in [2.24, 2.45) is 0 Å². The molecule has 12 nitrogen and oxygen atoms in total. The maximum Gasteiger partial charge on any atom is 0.325 e. The van der Waals surface area contributed by atoms with Crippen molar-refractivity contribution in [2.75, 3.05) is 11.9 Å². The first-order valence-electron chi connectivity index (χ1n) is 9.59. The Kier molecular flexibility index (Phi) is 8.62. The minimum atomic E-state index is -4.44. The fourth-order valence-corrected chi connectivity index (χ4v) is 3.75. The Morgan fingerprint density at radius 1 is 0.938 bits per heavy atom. The minimum absolute atomic E-state index is 0.266. The summed E-state index contributed by atoms with van der Waals surface area (Å²) < 4.78 is 38.8. The molecule has 0 amide bonds. The van der Waals surface area contributed by atoms with Crippen LogP contribution in [0.5, 0.6) is 5.75 Å². The molecule has 1 aromatic carbocycles. The van der Waals surface area contributed by atoms with Crippen molar-refractivity contribution >= 4 is 31.2 Å². The summed E-state index contributed by atoms with van der Waals surface area (Å²) in [6.07, 6.45) is -7.43. The van der Waals surface area contributed by atoms with Gasteiger partial charge in [-0.2, -0.15) is 0 Å². The molecule has 0 aromatic heterocycles. The number of esters is 3. The summed E-state index contributed by atoms with van der Waals surface area (Å²) >= 11 is 0. The zero-order chi connectivity index (χ0) is 24.1. The molecule has 178 valence electrons. The highest BCUT2D eigenvalue weighted by molar-refractivity contribution is 7.51. The van der Waals surface area contributed by atoms with Gasteiger partial charge >= 0.3 is 25.5 Å². The second kappa shape index (κ2) is 10.8. The van der Waals surface area contributed by atoms with Crippen LogP contribution in [0.2, 0.25) is 0 Å². The van der Waals surface area contributed by atoms with Crippen LogP contribution in [0.1, 0.15) is 27.2 Å². The van der Waals surface area contributed by atoms with E-state index in [0.29, 0.717) is 5.69 Å². The highest BCUT2D eigenvalue weighted by atomic mass is 31.2. The Bertz CT molecular complexity index is 869. The lowest BCUT2D eigenvalue weighted by molar-refractivity contribution is -0.283. The second-order valence-electron chi connectivity index (χ2n) is 7.13. The molecule has 1 aromatic rings. The van der Waals surface area contributed by atoms with E-state index in [1.54, 1.807) is 12.1 Å². The van der Waals surface area contributed by atoms with E-state index in [9.17, 15) is 28.7 Å². The third-order valence-electron chi connectivity index (χ3n) is 4.33. The molecule has 5 atom stereocenters. The molecule has 0 aliphatic carbocycles. The molecule has 13 heteroatoms. The SMILES string of the molecule is CC(=O)O[C@@H]1[C@H](OC(C)=O)[C@@H](Oc2ccc(N)cc2)O[C@H](CCP(=O)(O)O)[C@H]1OC(C)=O. The molecule has 0 unspecified atom stereocenters. The Labute approximate surface area is 184 Å². The quantitative estimate of drug-likeness (QED) is 0.208. The van der Waals surface area contributed by atoms with Gasteiger partial charge in [0.2, 0.25) is 12.4 Å². The molecule has 0 spiro atoms. The van der Waals surface area contributed by atoms with Gasteiger partial charge in [-0.15, -0.1) is 0 Å². The molecule has 4 N–H and O–H groups in total. The van der Waals surface area contributed by atoms with Crippen LogP contribution < -0.4 is 10.5 Å². The number of hydrogen-bond acceptors (Lipinski definition) is 10. The molecule has 1 heterocycles. The number of hydrogen-bond donors (Lipinski definition) is 3. The number of anilines is 1. The van der Waals surface area contributed by atoms with Gasteiger partial charge in [0, 0.05) is 26.5 Å². The van der Waals surface area contributed by atoms with Crippen LogP contribution in [0.25, 0.3) is 0 Å². The smallest absolute Gasteiger partial charge is 0.325 e. The normalized spacial score (nSPS) is 25.5. The van der Waals surface area contributed by atoms with Crippen molar-refractivity contribution in [3.63, 3.8) is 0 Å². The van der Waals surface area contributed by atoms with Crippen molar-refractivity contribution in [3.8, 4) is 5.75 Å². The minimum Gasteiger partial charge on any atom is -0.461 e. The predicted octanol–water partition coefficient (Wildman–Crippen LogP) is 0.735. The first-order chi connectivity index (χ1) is 14.9. The van der Waals surface area contributed by atoms with E-state index in [-0.39, 0.29) is 12.2 Å². The van der Waals surface area contributed by atoms with Gasteiger partial charge in [-0.25, -0.2) is 0 Å². The topological polar surface area (TPSA) is 181 Å². The Morgan fingerprint density at radius 2 is 1.44 bits per heavy atom. The molecular formula is C19H26NO11P. The number of benzene rings is 1. The van der Waals surface area contributed by atoms with Crippen LogP contribution in [0.3, 0.4) is 0 Å². The van der Waals surface area contributed by atoms with E-state index < -0.39 is 62.4 Å². The van der Waals surface area contributed by atoms with Gasteiger partial charge in [0.25, 0.3) is 0 Å². The highest BCUT2D eigenvalue weighted by Crippen LogP contribution is 2.39. The summed E-state index contributed by atoms with van der Waals surface area (Å²) in [5.41, 5.74) is 6.12. The third kappa shape index (κ3) is 7.79. The third-order valence-corrected chi connectivity index (χ3v) is 5.18. The molecule has 2 rings (SSSR count). The average Bonchev–Trinajstić information content (AvgIpc) is 2.65. The number of ether oxygens (including phenoxy) is 5. The molecule has 0 radical (unpaired) electrons. The Hall–Kier alpha value is -2.66. The molecule has 0 bridgehead atoms. The predicted molar refractivity (Wildman–Crippen MR) is 108 cm³/mol. The van der Waals surface area contributed by atoms with E-state index in [1.807, 2.05) is 0 Å². The van der Waals surface area contributed by atoms with Gasteiger partial charge in [0.1, 0.15) is 11.9 Å². The summed E-state index contributed by atoms with van der Waals surface area (Å²) in [5, 5.41) is 0. The number of carbonyl (C=O) groups is 3. The fraction of sp³-hybridized carbons (Fsp3) is 0.526. The van der Waals surface area contributed by atoms with Crippen LogP contribution in [0.15, 0.2) is 24.3 Å². The Balaban J connectivity index is 2.44. The van der Waals surface area contributed by atoms with Gasteiger partial charge < -0.3 is 39.2 Å². The lowest BCUT2D eigenvalue weighted by Crippen LogP contribution is -2.62. The van der Waals surface area contributed by atoms with Crippen molar-refractivity contribution in [1.82, 2.24) is 0 Å². The van der Waals surface area contributed by atoms with E-state index in [4.69, 9.17) is 29.4 Å². The number of carbonyl (C=O) groups excluding carboxylic acids is 3. The highest BCUT2D eigenvalue weighted by Gasteiger charge is 2.53. The zero-order valence-corrected chi connectivity index (χ0v) is 18.6. The van der Waals surface area contributed by atoms with Crippen molar-refractivity contribution in [1.29, 1.82) is 0 Å². The molecule has 32 heavy (non-hydrogen) atoms. The van der Waals surface area contributed by atoms with Gasteiger partial charge in [0.05, 0.1) is 6.16 Å². The molecular weight excluding hydrogens is 449 g/mol. The standard InChI is InChI=1S/C19H26NO11P/c1-10(21)27-16-15(8-9-32(24,25)26)31-19(30-14-6-4-13(20)5-7-14)18(29-12(3)23)17(16)28-11(2)22/h4-7,15-19H,8-9,20H2,1-3H3,(H2,24,25,26)/t15-,16-,17+,18+,19+/m1/s1. The maximum atomic E-state index is 11.8. The summed E-state index contributed by atoms with van der Waals surface area (Å²) in [5.74, 6) is -2.03. The maximum absolute atomic E-state index is 11.8. The monoisotopic (exact) mass is 475 g/mol. The summed E-state index contributed by atoms with van der Waals surface area (Å²) in [4.78, 5) is 53.8. The number of rotatable bonds is 8.